The van der Waals surface area contributed by atoms with Gasteiger partial charge in [-0.25, -0.2) is 0 Å². The van der Waals surface area contributed by atoms with Crippen LogP contribution in [0.2, 0.25) is 0 Å². The Hall–Kier alpha value is -1.53. The van der Waals surface area contributed by atoms with Crippen LogP contribution in [-0.4, -0.2) is 17.0 Å². The zero-order valence-corrected chi connectivity index (χ0v) is 13.3. The lowest BCUT2D eigenvalue weighted by Gasteiger charge is -2.07. The van der Waals surface area contributed by atoms with Gasteiger partial charge in [0.05, 0.1) is 27.7 Å². The van der Waals surface area contributed by atoms with E-state index in [1.54, 1.807) is 24.9 Å². The lowest BCUT2D eigenvalue weighted by atomic mass is 10.2. The van der Waals surface area contributed by atoms with E-state index >= 15 is 0 Å². The van der Waals surface area contributed by atoms with Gasteiger partial charge in [-0.1, -0.05) is 6.07 Å². The van der Waals surface area contributed by atoms with Crippen LogP contribution in [0.5, 0.6) is 0 Å². The van der Waals surface area contributed by atoms with Crippen molar-refractivity contribution in [3.05, 3.63) is 34.5 Å². The Balaban J connectivity index is 2.24. The number of anilines is 2. The molecule has 0 fully saturated rings. The number of rotatable bonds is 5. The Kier molecular flexibility index (Phi) is 4.67. The standard InChI is InChI=1S/C14H17N3OS2/c1-8-5-4-6-16-10(8)7-17-14-13(19-3)11(15)12(20-14)9(2)18/h4-6,17H,7,15H2,1-3H3. The van der Waals surface area contributed by atoms with Crippen molar-refractivity contribution in [1.29, 1.82) is 0 Å². The average Bonchev–Trinajstić information content (AvgIpc) is 2.74. The molecule has 0 aliphatic rings. The molecule has 0 radical (unpaired) electrons. The molecule has 0 unspecified atom stereocenters. The first kappa shape index (κ1) is 14.9. The molecule has 0 aliphatic heterocycles. The minimum atomic E-state index is 0.00451. The molecule has 0 aromatic carbocycles. The average molecular weight is 307 g/mol. The van der Waals surface area contributed by atoms with Crippen LogP contribution in [0.1, 0.15) is 27.9 Å². The van der Waals surface area contributed by atoms with Crippen LogP contribution >= 0.6 is 23.1 Å². The Labute approximate surface area is 126 Å². The highest BCUT2D eigenvalue weighted by atomic mass is 32.2. The summed E-state index contributed by atoms with van der Waals surface area (Å²) in [6.45, 7) is 4.19. The van der Waals surface area contributed by atoms with Crippen LogP contribution in [0.25, 0.3) is 0 Å². The number of thioether (sulfide) groups is 1. The fraction of sp³-hybridized carbons (Fsp3) is 0.286. The molecule has 0 saturated carbocycles. The number of carbonyl (C=O) groups is 1. The topological polar surface area (TPSA) is 68.0 Å². The number of aromatic nitrogens is 1. The first-order chi connectivity index (χ1) is 9.54. The lowest BCUT2D eigenvalue weighted by Crippen LogP contribution is -2.03. The lowest BCUT2D eigenvalue weighted by molar-refractivity contribution is 0.102. The molecule has 2 aromatic rings. The van der Waals surface area contributed by atoms with Crippen molar-refractivity contribution >= 4 is 39.6 Å². The summed E-state index contributed by atoms with van der Waals surface area (Å²) in [5.41, 5.74) is 8.74. The zero-order chi connectivity index (χ0) is 14.7. The fourth-order valence-electron chi connectivity index (χ4n) is 1.88. The van der Waals surface area contributed by atoms with E-state index in [1.165, 1.54) is 11.3 Å². The molecule has 106 valence electrons. The van der Waals surface area contributed by atoms with Crippen molar-refractivity contribution in [2.45, 2.75) is 25.3 Å². The largest absolute Gasteiger partial charge is 0.396 e. The minimum Gasteiger partial charge on any atom is -0.396 e. The fourth-order valence-corrected chi connectivity index (χ4v) is 3.80. The molecule has 4 nitrogen and oxygen atoms in total. The van der Waals surface area contributed by atoms with Crippen molar-refractivity contribution in [2.24, 2.45) is 0 Å². The van der Waals surface area contributed by atoms with E-state index in [0.717, 1.165) is 21.2 Å². The smallest absolute Gasteiger partial charge is 0.171 e. The Morgan fingerprint density at radius 3 is 2.90 bits per heavy atom. The van der Waals surface area contributed by atoms with Gasteiger partial charge in [-0.3, -0.25) is 9.78 Å². The Bertz CT molecular complexity index is 637. The van der Waals surface area contributed by atoms with E-state index in [0.29, 0.717) is 17.1 Å². The molecule has 0 aliphatic carbocycles. The minimum absolute atomic E-state index is 0.00451. The summed E-state index contributed by atoms with van der Waals surface area (Å²) in [7, 11) is 0. The summed E-state index contributed by atoms with van der Waals surface area (Å²) in [6.07, 6.45) is 3.74. The normalized spacial score (nSPS) is 10.6. The van der Waals surface area contributed by atoms with E-state index in [-0.39, 0.29) is 5.78 Å². The van der Waals surface area contributed by atoms with Gasteiger partial charge in [-0.05, 0) is 24.8 Å². The van der Waals surface area contributed by atoms with Crippen molar-refractivity contribution in [3.8, 4) is 0 Å². The molecular formula is C14H17N3OS2. The number of nitrogen functional groups attached to an aromatic ring is 1. The van der Waals surface area contributed by atoms with Gasteiger partial charge in [-0.15, -0.1) is 23.1 Å². The van der Waals surface area contributed by atoms with Crippen LogP contribution in [-0.2, 0) is 6.54 Å². The number of nitrogens with two attached hydrogens (primary N) is 1. The Morgan fingerprint density at radius 2 is 2.30 bits per heavy atom. The van der Waals surface area contributed by atoms with Crippen molar-refractivity contribution in [2.75, 3.05) is 17.3 Å². The summed E-state index contributed by atoms with van der Waals surface area (Å²) in [5, 5.41) is 4.28. The zero-order valence-electron chi connectivity index (χ0n) is 11.7. The molecule has 2 heterocycles. The third-order valence-electron chi connectivity index (χ3n) is 2.96. The van der Waals surface area contributed by atoms with Crippen LogP contribution < -0.4 is 11.1 Å². The van der Waals surface area contributed by atoms with Gasteiger partial charge in [0.25, 0.3) is 0 Å². The van der Waals surface area contributed by atoms with E-state index < -0.39 is 0 Å². The van der Waals surface area contributed by atoms with Crippen molar-refractivity contribution < 1.29 is 4.79 Å². The predicted octanol–water partition coefficient (Wildman–Crippen LogP) is 3.57. The maximum atomic E-state index is 11.6. The SMILES string of the molecule is CSc1c(NCc2ncccc2C)sc(C(C)=O)c1N. The number of carbonyl (C=O) groups excluding carboxylic acids is 1. The van der Waals surface area contributed by atoms with Gasteiger partial charge in [-0.2, -0.15) is 0 Å². The van der Waals surface area contributed by atoms with Gasteiger partial charge in [0, 0.05) is 13.1 Å². The summed E-state index contributed by atoms with van der Waals surface area (Å²) < 4.78 is 0. The molecule has 3 N–H and O–H groups in total. The highest BCUT2D eigenvalue weighted by Crippen LogP contribution is 2.41. The number of hydrogen-bond acceptors (Lipinski definition) is 6. The number of ketones is 1. The molecule has 2 aromatic heterocycles. The number of nitrogens with one attached hydrogen (secondary N) is 1. The third-order valence-corrected chi connectivity index (χ3v) is 5.18. The summed E-state index contributed by atoms with van der Waals surface area (Å²) >= 11 is 2.96. The summed E-state index contributed by atoms with van der Waals surface area (Å²) in [4.78, 5) is 17.5. The van der Waals surface area contributed by atoms with Crippen LogP contribution in [0.3, 0.4) is 0 Å². The van der Waals surface area contributed by atoms with Crippen LogP contribution in [0.15, 0.2) is 23.2 Å². The second-order valence-corrected chi connectivity index (χ2v) is 6.22. The van der Waals surface area contributed by atoms with Gasteiger partial charge >= 0.3 is 0 Å². The number of nitrogens with zero attached hydrogens (tertiary/aromatic N) is 1. The highest BCUT2D eigenvalue weighted by Gasteiger charge is 2.18. The van der Waals surface area contributed by atoms with Gasteiger partial charge < -0.3 is 11.1 Å². The quantitative estimate of drug-likeness (QED) is 0.653. The van der Waals surface area contributed by atoms with Crippen molar-refractivity contribution in [3.63, 3.8) is 0 Å². The van der Waals surface area contributed by atoms with E-state index in [2.05, 4.69) is 10.3 Å². The first-order valence-electron chi connectivity index (χ1n) is 6.16. The maximum absolute atomic E-state index is 11.6. The molecule has 0 saturated heterocycles. The maximum Gasteiger partial charge on any atom is 0.171 e. The van der Waals surface area contributed by atoms with E-state index in [4.69, 9.17) is 5.73 Å². The van der Waals surface area contributed by atoms with Crippen LogP contribution in [0.4, 0.5) is 10.7 Å². The molecule has 0 bridgehead atoms. The molecule has 6 heteroatoms. The molecular weight excluding hydrogens is 290 g/mol. The van der Waals surface area contributed by atoms with E-state index in [1.807, 2.05) is 25.3 Å². The summed E-state index contributed by atoms with van der Waals surface area (Å²) in [6, 6.07) is 3.95. The number of aryl methyl sites for hydroxylation is 1. The number of thiophene rings is 1. The summed E-state index contributed by atoms with van der Waals surface area (Å²) in [5.74, 6) is 0.00451. The van der Waals surface area contributed by atoms with Gasteiger partial charge in [0.1, 0.15) is 5.00 Å². The molecule has 20 heavy (non-hydrogen) atoms. The Morgan fingerprint density at radius 1 is 1.55 bits per heavy atom. The second kappa shape index (κ2) is 6.28. The molecule has 0 amide bonds. The van der Waals surface area contributed by atoms with E-state index in [9.17, 15) is 4.79 Å². The monoisotopic (exact) mass is 307 g/mol. The van der Waals surface area contributed by atoms with Gasteiger partial charge in [0.15, 0.2) is 5.78 Å². The first-order valence-corrected chi connectivity index (χ1v) is 8.20. The molecule has 0 atom stereocenters. The van der Waals surface area contributed by atoms with Crippen LogP contribution in [0, 0.1) is 6.92 Å². The number of hydrogen-bond donors (Lipinski definition) is 2. The van der Waals surface area contributed by atoms with Crippen molar-refractivity contribution in [1.82, 2.24) is 4.98 Å². The third kappa shape index (κ3) is 2.96. The number of pyridine rings is 1. The molecule has 2 rings (SSSR count). The molecule has 0 spiro atoms. The number of Topliss-reactive ketones (excluding diaryl/α,β-unsaturated/α-hetero) is 1. The highest BCUT2D eigenvalue weighted by molar-refractivity contribution is 7.99. The second-order valence-electron chi connectivity index (χ2n) is 4.38. The predicted molar refractivity (Wildman–Crippen MR) is 86.8 cm³/mol. The van der Waals surface area contributed by atoms with Gasteiger partial charge in [0.2, 0.25) is 0 Å².